The average molecular weight is 238 g/mol. The SMILES string of the molecule is CC1CCCC(NCCCN2CCCC2=O)C1. The van der Waals surface area contributed by atoms with Crippen LogP contribution in [0.15, 0.2) is 0 Å². The second-order valence-electron chi connectivity index (χ2n) is 5.76. The molecule has 2 fully saturated rings. The van der Waals surface area contributed by atoms with Crippen molar-refractivity contribution in [3.63, 3.8) is 0 Å². The van der Waals surface area contributed by atoms with Gasteiger partial charge in [-0.05, 0) is 38.1 Å². The largest absolute Gasteiger partial charge is 0.343 e. The van der Waals surface area contributed by atoms with Gasteiger partial charge in [0.15, 0.2) is 0 Å². The Labute approximate surface area is 105 Å². The number of likely N-dealkylation sites (tertiary alicyclic amines) is 1. The van der Waals surface area contributed by atoms with Gasteiger partial charge in [-0.15, -0.1) is 0 Å². The highest BCUT2D eigenvalue weighted by Crippen LogP contribution is 2.23. The number of rotatable bonds is 5. The van der Waals surface area contributed by atoms with E-state index < -0.39 is 0 Å². The molecule has 1 aliphatic heterocycles. The van der Waals surface area contributed by atoms with Crippen LogP contribution < -0.4 is 5.32 Å². The van der Waals surface area contributed by atoms with Gasteiger partial charge in [0.25, 0.3) is 0 Å². The monoisotopic (exact) mass is 238 g/mol. The van der Waals surface area contributed by atoms with E-state index >= 15 is 0 Å². The summed E-state index contributed by atoms with van der Waals surface area (Å²) in [6.07, 6.45) is 8.40. The summed E-state index contributed by atoms with van der Waals surface area (Å²) < 4.78 is 0. The van der Waals surface area contributed by atoms with E-state index in [1.165, 1.54) is 25.7 Å². The number of carbonyl (C=O) groups excluding carboxylic acids is 1. The van der Waals surface area contributed by atoms with Gasteiger partial charge in [0.1, 0.15) is 0 Å². The van der Waals surface area contributed by atoms with E-state index in [-0.39, 0.29) is 0 Å². The molecule has 2 rings (SSSR count). The fourth-order valence-electron chi connectivity index (χ4n) is 3.14. The van der Waals surface area contributed by atoms with Gasteiger partial charge in [-0.2, -0.15) is 0 Å². The minimum Gasteiger partial charge on any atom is -0.343 e. The van der Waals surface area contributed by atoms with Gasteiger partial charge in [0.2, 0.25) is 5.91 Å². The van der Waals surface area contributed by atoms with Gasteiger partial charge < -0.3 is 10.2 Å². The molecular formula is C14H26N2O. The number of hydrogen-bond acceptors (Lipinski definition) is 2. The van der Waals surface area contributed by atoms with Gasteiger partial charge in [-0.25, -0.2) is 0 Å². The maximum Gasteiger partial charge on any atom is 0.222 e. The van der Waals surface area contributed by atoms with Crippen molar-refractivity contribution >= 4 is 5.91 Å². The molecule has 1 aliphatic carbocycles. The molecule has 2 atom stereocenters. The Morgan fingerprint density at radius 1 is 1.35 bits per heavy atom. The van der Waals surface area contributed by atoms with Crippen molar-refractivity contribution in [2.75, 3.05) is 19.6 Å². The quantitative estimate of drug-likeness (QED) is 0.745. The molecule has 17 heavy (non-hydrogen) atoms. The van der Waals surface area contributed by atoms with Crippen molar-refractivity contribution < 1.29 is 4.79 Å². The fourth-order valence-corrected chi connectivity index (χ4v) is 3.14. The van der Waals surface area contributed by atoms with E-state index in [4.69, 9.17) is 0 Å². The molecule has 1 N–H and O–H groups in total. The van der Waals surface area contributed by atoms with Crippen LogP contribution >= 0.6 is 0 Å². The molecule has 3 heteroatoms. The lowest BCUT2D eigenvalue weighted by atomic mass is 9.87. The van der Waals surface area contributed by atoms with Crippen LogP contribution in [-0.4, -0.2) is 36.5 Å². The molecule has 0 spiro atoms. The van der Waals surface area contributed by atoms with E-state index in [1.54, 1.807) is 0 Å². The Morgan fingerprint density at radius 3 is 2.94 bits per heavy atom. The number of carbonyl (C=O) groups is 1. The molecule has 1 saturated heterocycles. The topological polar surface area (TPSA) is 32.3 Å². The van der Waals surface area contributed by atoms with Crippen molar-refractivity contribution in [2.45, 2.75) is 57.9 Å². The summed E-state index contributed by atoms with van der Waals surface area (Å²) in [5.41, 5.74) is 0. The van der Waals surface area contributed by atoms with Gasteiger partial charge >= 0.3 is 0 Å². The molecule has 0 aromatic rings. The lowest BCUT2D eigenvalue weighted by Crippen LogP contribution is -2.36. The summed E-state index contributed by atoms with van der Waals surface area (Å²) in [7, 11) is 0. The van der Waals surface area contributed by atoms with E-state index in [0.29, 0.717) is 5.91 Å². The van der Waals surface area contributed by atoms with E-state index in [1.807, 2.05) is 4.90 Å². The molecule has 98 valence electrons. The van der Waals surface area contributed by atoms with E-state index in [0.717, 1.165) is 50.9 Å². The maximum absolute atomic E-state index is 11.4. The molecular weight excluding hydrogens is 212 g/mol. The summed E-state index contributed by atoms with van der Waals surface area (Å²) in [6.45, 7) is 5.37. The van der Waals surface area contributed by atoms with Crippen molar-refractivity contribution in [3.05, 3.63) is 0 Å². The van der Waals surface area contributed by atoms with Crippen molar-refractivity contribution in [1.82, 2.24) is 10.2 Å². The first kappa shape index (κ1) is 12.9. The van der Waals surface area contributed by atoms with E-state index in [9.17, 15) is 4.79 Å². The molecule has 2 unspecified atom stereocenters. The maximum atomic E-state index is 11.4. The van der Waals surface area contributed by atoms with Gasteiger partial charge in [0.05, 0.1) is 0 Å². The van der Waals surface area contributed by atoms with Gasteiger partial charge in [0, 0.05) is 25.6 Å². The molecule has 3 nitrogen and oxygen atoms in total. The summed E-state index contributed by atoms with van der Waals surface area (Å²) in [4.78, 5) is 13.4. The first-order valence-electron chi connectivity index (χ1n) is 7.27. The van der Waals surface area contributed by atoms with Crippen LogP contribution in [0.3, 0.4) is 0 Å². The average Bonchev–Trinajstić information content (AvgIpc) is 2.71. The van der Waals surface area contributed by atoms with Gasteiger partial charge in [-0.1, -0.05) is 19.8 Å². The fraction of sp³-hybridized carbons (Fsp3) is 0.929. The Bertz CT molecular complexity index is 255. The third-order valence-electron chi connectivity index (χ3n) is 4.15. The molecule has 1 saturated carbocycles. The van der Waals surface area contributed by atoms with Crippen LogP contribution in [0.5, 0.6) is 0 Å². The van der Waals surface area contributed by atoms with Crippen molar-refractivity contribution in [3.8, 4) is 0 Å². The molecule has 0 aromatic heterocycles. The molecule has 0 aromatic carbocycles. The number of nitrogens with zero attached hydrogens (tertiary/aromatic N) is 1. The van der Waals surface area contributed by atoms with E-state index in [2.05, 4.69) is 12.2 Å². The van der Waals surface area contributed by atoms with Crippen LogP contribution in [0.4, 0.5) is 0 Å². The van der Waals surface area contributed by atoms with Crippen LogP contribution in [-0.2, 0) is 4.79 Å². The first-order valence-corrected chi connectivity index (χ1v) is 7.27. The standard InChI is InChI=1S/C14H26N2O/c1-12-5-2-6-13(11-12)15-8-4-10-16-9-3-7-14(16)17/h12-13,15H,2-11H2,1H3. The highest BCUT2D eigenvalue weighted by Gasteiger charge is 2.20. The lowest BCUT2D eigenvalue weighted by Gasteiger charge is -2.27. The predicted octanol–water partition coefficient (Wildman–Crippen LogP) is 2.17. The van der Waals surface area contributed by atoms with Gasteiger partial charge in [-0.3, -0.25) is 4.79 Å². The minimum atomic E-state index is 0.358. The Morgan fingerprint density at radius 2 is 2.24 bits per heavy atom. The second-order valence-corrected chi connectivity index (χ2v) is 5.76. The van der Waals surface area contributed by atoms with Crippen LogP contribution in [0.2, 0.25) is 0 Å². The zero-order valence-corrected chi connectivity index (χ0v) is 11.1. The predicted molar refractivity (Wildman–Crippen MR) is 69.9 cm³/mol. The third-order valence-corrected chi connectivity index (χ3v) is 4.15. The Kier molecular flexibility index (Phi) is 4.84. The summed E-state index contributed by atoms with van der Waals surface area (Å²) >= 11 is 0. The summed E-state index contributed by atoms with van der Waals surface area (Å²) in [5, 5.41) is 3.65. The van der Waals surface area contributed by atoms with Crippen LogP contribution in [0, 0.1) is 5.92 Å². The van der Waals surface area contributed by atoms with Crippen LogP contribution in [0.1, 0.15) is 51.9 Å². The number of nitrogens with one attached hydrogen (secondary N) is 1. The Hall–Kier alpha value is -0.570. The lowest BCUT2D eigenvalue weighted by molar-refractivity contribution is -0.127. The molecule has 0 radical (unpaired) electrons. The highest BCUT2D eigenvalue weighted by atomic mass is 16.2. The Balaban J connectivity index is 1.55. The number of amides is 1. The minimum absolute atomic E-state index is 0.358. The smallest absolute Gasteiger partial charge is 0.222 e. The zero-order valence-electron chi connectivity index (χ0n) is 11.1. The third kappa shape index (κ3) is 3.98. The normalized spacial score (nSPS) is 29.9. The second kappa shape index (κ2) is 6.39. The highest BCUT2D eigenvalue weighted by molar-refractivity contribution is 5.77. The summed E-state index contributed by atoms with van der Waals surface area (Å²) in [6, 6.07) is 0.730. The summed E-state index contributed by atoms with van der Waals surface area (Å²) in [5.74, 6) is 1.25. The first-order chi connectivity index (χ1) is 8.25. The molecule has 1 amide bonds. The molecule has 0 bridgehead atoms. The van der Waals surface area contributed by atoms with Crippen molar-refractivity contribution in [2.24, 2.45) is 5.92 Å². The number of hydrogen-bond donors (Lipinski definition) is 1. The van der Waals surface area contributed by atoms with Crippen molar-refractivity contribution in [1.29, 1.82) is 0 Å². The molecule has 1 heterocycles. The zero-order chi connectivity index (χ0) is 12.1. The van der Waals surface area contributed by atoms with Crippen LogP contribution in [0.25, 0.3) is 0 Å². The molecule has 2 aliphatic rings.